The van der Waals surface area contributed by atoms with E-state index in [0.29, 0.717) is 6.54 Å². The predicted molar refractivity (Wildman–Crippen MR) is 90.1 cm³/mol. The molecule has 0 aromatic carbocycles. The second-order valence-electron chi connectivity index (χ2n) is 8.14. The number of hydrogen-bond acceptors (Lipinski definition) is 4. The molecule has 0 saturated carbocycles. The predicted octanol–water partition coefficient (Wildman–Crippen LogP) is 3.78. The normalized spacial score (nSPS) is 20.7. The highest BCUT2D eigenvalue weighted by Gasteiger charge is 2.33. The number of likely N-dealkylation sites (tertiary alicyclic amines) is 1. The van der Waals surface area contributed by atoms with Crippen molar-refractivity contribution >= 4 is 12.1 Å². The maximum atomic E-state index is 12.3. The number of amides is 1. The van der Waals surface area contributed by atoms with Crippen LogP contribution in [-0.2, 0) is 14.3 Å². The summed E-state index contributed by atoms with van der Waals surface area (Å²) >= 11 is 0. The van der Waals surface area contributed by atoms with Gasteiger partial charge in [0.15, 0.2) is 0 Å². The maximum absolute atomic E-state index is 12.3. The molecule has 0 spiro atoms. The van der Waals surface area contributed by atoms with E-state index in [0.717, 1.165) is 12.8 Å². The van der Waals surface area contributed by atoms with Crippen LogP contribution in [0.4, 0.5) is 4.79 Å². The van der Waals surface area contributed by atoms with E-state index in [1.807, 2.05) is 53.7 Å². The van der Waals surface area contributed by atoms with Crippen molar-refractivity contribution in [1.29, 1.82) is 0 Å². The first-order valence-corrected chi connectivity index (χ1v) is 8.21. The lowest BCUT2D eigenvalue weighted by atomic mass is 9.80. The van der Waals surface area contributed by atoms with E-state index in [1.54, 1.807) is 4.90 Å². The third kappa shape index (κ3) is 5.88. The number of hydrogen-bond donors (Lipinski definition) is 0. The molecule has 5 heteroatoms. The van der Waals surface area contributed by atoms with Crippen molar-refractivity contribution in [2.24, 2.45) is 11.3 Å². The lowest BCUT2D eigenvalue weighted by Crippen LogP contribution is -2.39. The number of methoxy groups -OCH3 is 1. The maximum Gasteiger partial charge on any atom is 0.410 e. The van der Waals surface area contributed by atoms with E-state index in [4.69, 9.17) is 9.47 Å². The molecular formula is C18H31NO4. The van der Waals surface area contributed by atoms with E-state index >= 15 is 0 Å². The molecule has 0 radical (unpaired) electrons. The summed E-state index contributed by atoms with van der Waals surface area (Å²) in [5.41, 5.74) is -0.743. The van der Waals surface area contributed by atoms with Gasteiger partial charge < -0.3 is 14.4 Å². The van der Waals surface area contributed by atoms with Crippen molar-refractivity contribution in [3.05, 3.63) is 12.2 Å². The van der Waals surface area contributed by atoms with Crippen LogP contribution in [0.3, 0.4) is 0 Å². The average Bonchev–Trinajstić information content (AvgIpc) is 2.83. The van der Waals surface area contributed by atoms with Gasteiger partial charge in [-0.05, 0) is 39.0 Å². The van der Waals surface area contributed by atoms with Gasteiger partial charge in [-0.3, -0.25) is 4.79 Å². The summed E-state index contributed by atoms with van der Waals surface area (Å²) in [5, 5.41) is 0. The third-order valence-corrected chi connectivity index (χ3v) is 3.84. The van der Waals surface area contributed by atoms with Crippen LogP contribution in [-0.4, -0.2) is 42.3 Å². The lowest BCUT2D eigenvalue weighted by Gasteiger charge is -2.28. The van der Waals surface area contributed by atoms with Crippen molar-refractivity contribution in [1.82, 2.24) is 4.90 Å². The van der Waals surface area contributed by atoms with Crippen molar-refractivity contribution in [3.8, 4) is 0 Å². The van der Waals surface area contributed by atoms with Gasteiger partial charge in [0.25, 0.3) is 0 Å². The van der Waals surface area contributed by atoms with E-state index < -0.39 is 5.60 Å². The van der Waals surface area contributed by atoms with Gasteiger partial charge in [-0.25, -0.2) is 4.79 Å². The number of rotatable bonds is 3. The third-order valence-electron chi connectivity index (χ3n) is 3.84. The first kappa shape index (κ1) is 19.5. The van der Waals surface area contributed by atoms with Crippen molar-refractivity contribution < 1.29 is 19.1 Å². The molecule has 1 aliphatic heterocycles. The fourth-order valence-corrected chi connectivity index (χ4v) is 2.63. The fourth-order valence-electron chi connectivity index (χ4n) is 2.63. The standard InChI is InChI=1S/C18H31NO4/c1-17(2,3)14(15(20)22-7)11-10-13-9-8-12-19(13)16(21)23-18(4,5)6/h10-11,13-14H,8-9,12H2,1-7H3/b11-10+/t13-,14-/m0/s1. The highest BCUT2D eigenvalue weighted by atomic mass is 16.6. The lowest BCUT2D eigenvalue weighted by molar-refractivity contribution is -0.146. The molecule has 2 atom stereocenters. The molecule has 0 aliphatic carbocycles. The Balaban J connectivity index is 2.84. The fraction of sp³-hybridized carbons (Fsp3) is 0.778. The van der Waals surface area contributed by atoms with Crippen LogP contribution < -0.4 is 0 Å². The van der Waals surface area contributed by atoms with E-state index in [-0.39, 0.29) is 29.4 Å². The first-order chi connectivity index (χ1) is 10.5. The number of carbonyl (C=O) groups excluding carboxylic acids is 2. The minimum Gasteiger partial charge on any atom is -0.469 e. The molecule has 1 amide bonds. The molecule has 1 rings (SSSR count). The summed E-state index contributed by atoms with van der Waals surface area (Å²) in [4.78, 5) is 26.0. The van der Waals surface area contributed by atoms with Gasteiger partial charge >= 0.3 is 12.1 Å². The van der Waals surface area contributed by atoms with Crippen molar-refractivity contribution in [3.63, 3.8) is 0 Å². The molecule has 0 aromatic rings. The second-order valence-corrected chi connectivity index (χ2v) is 8.14. The molecule has 0 bridgehead atoms. The molecule has 0 unspecified atom stereocenters. The molecule has 0 aromatic heterocycles. The highest BCUT2D eigenvalue weighted by molar-refractivity contribution is 5.75. The molecular weight excluding hydrogens is 294 g/mol. The SMILES string of the molecule is COC(=O)[C@H](/C=C/[C@@H]1CCCN1C(=O)OC(C)(C)C)C(C)(C)C. The van der Waals surface area contributed by atoms with Crippen LogP contribution in [0, 0.1) is 11.3 Å². The van der Waals surface area contributed by atoms with E-state index in [9.17, 15) is 9.59 Å². The molecule has 23 heavy (non-hydrogen) atoms. The Hall–Kier alpha value is -1.52. The van der Waals surface area contributed by atoms with Gasteiger partial charge in [-0.2, -0.15) is 0 Å². The Morgan fingerprint density at radius 1 is 1.17 bits per heavy atom. The van der Waals surface area contributed by atoms with Crippen LogP contribution >= 0.6 is 0 Å². The molecule has 132 valence electrons. The van der Waals surface area contributed by atoms with Crippen LogP contribution in [0.2, 0.25) is 0 Å². The van der Waals surface area contributed by atoms with Crippen molar-refractivity contribution in [2.75, 3.05) is 13.7 Å². The Morgan fingerprint density at radius 3 is 2.26 bits per heavy atom. The van der Waals surface area contributed by atoms with Gasteiger partial charge in [0, 0.05) is 6.54 Å². The topological polar surface area (TPSA) is 55.8 Å². The first-order valence-electron chi connectivity index (χ1n) is 8.21. The van der Waals surface area contributed by atoms with Crippen LogP contribution in [0.1, 0.15) is 54.4 Å². The van der Waals surface area contributed by atoms with Gasteiger partial charge in [0.2, 0.25) is 0 Å². The summed E-state index contributed by atoms with van der Waals surface area (Å²) in [6.45, 7) is 12.3. The largest absolute Gasteiger partial charge is 0.469 e. The number of esters is 1. The zero-order valence-corrected chi connectivity index (χ0v) is 15.5. The number of ether oxygens (including phenoxy) is 2. The van der Waals surface area contributed by atoms with Crippen molar-refractivity contribution in [2.45, 2.75) is 66.0 Å². The summed E-state index contributed by atoms with van der Waals surface area (Å²) < 4.78 is 10.4. The minimum absolute atomic E-state index is 0.0284. The van der Waals surface area contributed by atoms with Gasteiger partial charge in [-0.15, -0.1) is 0 Å². The highest BCUT2D eigenvalue weighted by Crippen LogP contribution is 2.29. The van der Waals surface area contributed by atoms with Crippen LogP contribution in [0.25, 0.3) is 0 Å². The summed E-state index contributed by atoms with van der Waals surface area (Å²) in [5.74, 6) is -0.593. The van der Waals surface area contributed by atoms with Gasteiger partial charge in [-0.1, -0.05) is 32.9 Å². The summed E-state index contributed by atoms with van der Waals surface area (Å²) in [7, 11) is 1.40. The number of nitrogens with zero attached hydrogens (tertiary/aromatic N) is 1. The smallest absolute Gasteiger partial charge is 0.410 e. The van der Waals surface area contributed by atoms with Gasteiger partial charge in [0.05, 0.1) is 19.1 Å². The number of carbonyl (C=O) groups is 2. The molecule has 5 nitrogen and oxygen atoms in total. The van der Waals surface area contributed by atoms with Crippen LogP contribution in [0.5, 0.6) is 0 Å². The van der Waals surface area contributed by atoms with E-state index in [2.05, 4.69) is 0 Å². The Labute approximate surface area is 140 Å². The summed E-state index contributed by atoms with van der Waals surface area (Å²) in [6.07, 6.45) is 5.35. The zero-order valence-electron chi connectivity index (χ0n) is 15.5. The Kier molecular flexibility index (Phi) is 6.25. The molecule has 1 heterocycles. The Morgan fingerprint density at radius 2 is 1.78 bits per heavy atom. The summed E-state index contributed by atoms with van der Waals surface area (Å²) in [6, 6.07) is -0.0284. The Bertz CT molecular complexity index is 457. The average molecular weight is 325 g/mol. The minimum atomic E-state index is -0.506. The van der Waals surface area contributed by atoms with Crippen LogP contribution in [0.15, 0.2) is 12.2 Å². The van der Waals surface area contributed by atoms with Gasteiger partial charge in [0.1, 0.15) is 5.60 Å². The second kappa shape index (κ2) is 7.37. The van der Waals surface area contributed by atoms with E-state index in [1.165, 1.54) is 7.11 Å². The molecule has 1 aliphatic rings. The zero-order chi connectivity index (χ0) is 17.8. The molecule has 1 saturated heterocycles. The quantitative estimate of drug-likeness (QED) is 0.585. The molecule has 1 fully saturated rings. The molecule has 0 N–H and O–H groups in total. The monoisotopic (exact) mass is 325 g/mol.